The smallest absolute Gasteiger partial charge is 0.408 e. The van der Waals surface area contributed by atoms with Gasteiger partial charge in [0.05, 0.1) is 17.1 Å². The molecule has 0 spiro atoms. The molecule has 2 aromatic carbocycles. The number of carbonyl (C=O) groups is 1. The van der Waals surface area contributed by atoms with Crippen molar-refractivity contribution in [1.82, 2.24) is 4.57 Å². The van der Waals surface area contributed by atoms with Crippen molar-refractivity contribution in [2.45, 2.75) is 0 Å². The predicted octanol–water partition coefficient (Wildman–Crippen LogP) is 2.26. The molecule has 1 N–H and O–H groups in total. The van der Waals surface area contributed by atoms with Crippen molar-refractivity contribution in [3.05, 3.63) is 64.1 Å². The maximum absolute atomic E-state index is 12.2. The fourth-order valence-electron chi connectivity index (χ4n) is 2.14. The van der Waals surface area contributed by atoms with Crippen LogP contribution in [0.2, 0.25) is 0 Å². The number of amides is 1. The molecule has 6 heteroatoms. The fraction of sp³-hybridized carbons (Fsp3) is 0.0625. The van der Waals surface area contributed by atoms with Gasteiger partial charge in [-0.3, -0.25) is 9.36 Å². The van der Waals surface area contributed by atoms with Crippen LogP contribution in [0.1, 0.15) is 15.9 Å². The van der Waals surface area contributed by atoms with Crippen LogP contribution in [0.15, 0.2) is 51.7 Å². The molecule has 3 aromatic rings. The summed E-state index contributed by atoms with van der Waals surface area (Å²) < 4.78 is 6.43. The predicted molar refractivity (Wildman–Crippen MR) is 80.6 cm³/mol. The van der Waals surface area contributed by atoms with Crippen LogP contribution >= 0.6 is 0 Å². The van der Waals surface area contributed by atoms with Gasteiger partial charge in [-0.1, -0.05) is 6.07 Å². The standard InChI is InChI=1S/C16H11N3O3/c1-19-13-6-5-11(8-14(13)22-16(19)21)15(20)18-12-4-2-3-10(7-12)9-17/h2-8H,1H3,(H,18,20). The molecule has 0 saturated carbocycles. The highest BCUT2D eigenvalue weighted by Gasteiger charge is 2.11. The Bertz CT molecular complexity index is 976. The summed E-state index contributed by atoms with van der Waals surface area (Å²) in [5.74, 6) is -0.822. The molecule has 3 rings (SSSR count). The molecule has 1 aromatic heterocycles. The van der Waals surface area contributed by atoms with E-state index in [4.69, 9.17) is 9.68 Å². The van der Waals surface area contributed by atoms with Crippen molar-refractivity contribution in [2.75, 3.05) is 5.32 Å². The number of nitrogens with one attached hydrogen (secondary N) is 1. The van der Waals surface area contributed by atoms with Crippen molar-refractivity contribution < 1.29 is 9.21 Å². The van der Waals surface area contributed by atoms with Crippen LogP contribution in [0.4, 0.5) is 5.69 Å². The molecule has 0 bridgehead atoms. The largest absolute Gasteiger partial charge is 0.419 e. The molecule has 0 aliphatic carbocycles. The lowest BCUT2D eigenvalue weighted by molar-refractivity contribution is 0.102. The number of hydrogen-bond donors (Lipinski definition) is 1. The number of oxazole rings is 1. The highest BCUT2D eigenvalue weighted by atomic mass is 16.4. The quantitative estimate of drug-likeness (QED) is 0.785. The van der Waals surface area contributed by atoms with Gasteiger partial charge in [0, 0.05) is 18.3 Å². The third-order valence-electron chi connectivity index (χ3n) is 3.30. The van der Waals surface area contributed by atoms with Gasteiger partial charge in [-0.05, 0) is 36.4 Å². The SMILES string of the molecule is Cn1c(=O)oc2cc(C(=O)Nc3cccc(C#N)c3)ccc21. The first-order valence-electron chi connectivity index (χ1n) is 6.49. The van der Waals surface area contributed by atoms with Crippen molar-refractivity contribution >= 4 is 22.7 Å². The zero-order chi connectivity index (χ0) is 15.7. The molecular weight excluding hydrogens is 282 g/mol. The number of fused-ring (bicyclic) bond motifs is 1. The van der Waals surface area contributed by atoms with Crippen molar-refractivity contribution in [1.29, 1.82) is 5.26 Å². The average Bonchev–Trinajstić information content (AvgIpc) is 2.81. The minimum Gasteiger partial charge on any atom is -0.408 e. The number of nitriles is 1. The van der Waals surface area contributed by atoms with Crippen LogP contribution in [0.5, 0.6) is 0 Å². The van der Waals surface area contributed by atoms with Gasteiger partial charge in [-0.25, -0.2) is 4.79 Å². The number of aryl methyl sites for hydroxylation is 1. The first-order valence-corrected chi connectivity index (χ1v) is 6.49. The second-order valence-corrected chi connectivity index (χ2v) is 4.76. The van der Waals surface area contributed by atoms with E-state index in [1.165, 1.54) is 10.6 Å². The van der Waals surface area contributed by atoms with Crippen molar-refractivity contribution in [3.63, 3.8) is 0 Å². The highest BCUT2D eigenvalue weighted by molar-refractivity contribution is 6.05. The van der Waals surface area contributed by atoms with Crippen molar-refractivity contribution in [2.24, 2.45) is 7.05 Å². The van der Waals surface area contributed by atoms with E-state index in [9.17, 15) is 9.59 Å². The van der Waals surface area contributed by atoms with E-state index in [0.29, 0.717) is 27.9 Å². The summed E-state index contributed by atoms with van der Waals surface area (Å²) in [4.78, 5) is 23.7. The van der Waals surface area contributed by atoms with E-state index in [-0.39, 0.29) is 5.91 Å². The van der Waals surface area contributed by atoms with Gasteiger partial charge in [0.15, 0.2) is 5.58 Å². The molecule has 0 saturated heterocycles. The summed E-state index contributed by atoms with van der Waals surface area (Å²) in [6.45, 7) is 0. The van der Waals surface area contributed by atoms with E-state index in [2.05, 4.69) is 5.32 Å². The zero-order valence-electron chi connectivity index (χ0n) is 11.7. The van der Waals surface area contributed by atoms with Gasteiger partial charge in [-0.2, -0.15) is 5.26 Å². The third kappa shape index (κ3) is 2.36. The third-order valence-corrected chi connectivity index (χ3v) is 3.30. The maximum Gasteiger partial charge on any atom is 0.419 e. The van der Waals surface area contributed by atoms with Gasteiger partial charge >= 0.3 is 5.76 Å². The lowest BCUT2D eigenvalue weighted by atomic mass is 10.1. The molecule has 0 radical (unpaired) electrons. The molecule has 1 amide bonds. The second-order valence-electron chi connectivity index (χ2n) is 4.76. The first-order chi connectivity index (χ1) is 10.6. The van der Waals surface area contributed by atoms with Crippen LogP contribution in [-0.4, -0.2) is 10.5 Å². The minimum atomic E-state index is -0.478. The Balaban J connectivity index is 1.92. The molecule has 0 aliphatic rings. The maximum atomic E-state index is 12.2. The second kappa shape index (κ2) is 5.22. The van der Waals surface area contributed by atoms with E-state index in [1.807, 2.05) is 6.07 Å². The summed E-state index contributed by atoms with van der Waals surface area (Å²) >= 11 is 0. The lowest BCUT2D eigenvalue weighted by Gasteiger charge is -2.05. The van der Waals surface area contributed by atoms with E-state index in [0.717, 1.165) is 0 Å². The molecule has 0 unspecified atom stereocenters. The molecule has 6 nitrogen and oxygen atoms in total. The average molecular weight is 293 g/mol. The Labute approximate surface area is 125 Å². The van der Waals surface area contributed by atoms with Gasteiger partial charge in [0.2, 0.25) is 0 Å². The Morgan fingerprint density at radius 1 is 1.27 bits per heavy atom. The van der Waals surface area contributed by atoms with Crippen LogP contribution in [0, 0.1) is 11.3 Å². The molecular formula is C16H11N3O3. The topological polar surface area (TPSA) is 88.0 Å². The molecule has 1 heterocycles. The number of nitrogens with zero attached hydrogens (tertiary/aromatic N) is 2. The van der Waals surface area contributed by atoms with E-state index < -0.39 is 5.76 Å². The molecule has 0 fully saturated rings. The first kappa shape index (κ1) is 13.6. The van der Waals surface area contributed by atoms with E-state index in [1.54, 1.807) is 43.4 Å². The van der Waals surface area contributed by atoms with Crippen molar-refractivity contribution in [3.8, 4) is 6.07 Å². The van der Waals surface area contributed by atoms with Gasteiger partial charge < -0.3 is 9.73 Å². The van der Waals surface area contributed by atoms with Gasteiger partial charge in [0.25, 0.3) is 5.91 Å². The Morgan fingerprint density at radius 2 is 2.09 bits per heavy atom. The molecule has 22 heavy (non-hydrogen) atoms. The number of carbonyl (C=O) groups excluding carboxylic acids is 1. The van der Waals surface area contributed by atoms with Crippen LogP contribution in [0.3, 0.4) is 0 Å². The number of benzene rings is 2. The Kier molecular flexibility index (Phi) is 3.24. The van der Waals surface area contributed by atoms with E-state index >= 15 is 0 Å². The van der Waals surface area contributed by atoms with Gasteiger partial charge in [-0.15, -0.1) is 0 Å². The Morgan fingerprint density at radius 3 is 2.86 bits per heavy atom. The van der Waals surface area contributed by atoms with Gasteiger partial charge in [0.1, 0.15) is 0 Å². The number of aromatic nitrogens is 1. The van der Waals surface area contributed by atoms with Crippen LogP contribution < -0.4 is 11.1 Å². The summed E-state index contributed by atoms with van der Waals surface area (Å²) in [5.41, 5.74) is 2.32. The monoisotopic (exact) mass is 293 g/mol. The summed E-state index contributed by atoms with van der Waals surface area (Å²) in [6, 6.07) is 13.4. The minimum absolute atomic E-state index is 0.344. The number of anilines is 1. The number of rotatable bonds is 2. The summed E-state index contributed by atoms with van der Waals surface area (Å²) in [7, 11) is 1.60. The summed E-state index contributed by atoms with van der Waals surface area (Å²) in [5, 5.41) is 11.6. The number of hydrogen-bond acceptors (Lipinski definition) is 4. The highest BCUT2D eigenvalue weighted by Crippen LogP contribution is 2.16. The molecule has 0 aliphatic heterocycles. The normalized spacial score (nSPS) is 10.4. The molecule has 0 atom stereocenters. The Hall–Kier alpha value is -3.33. The molecule has 108 valence electrons. The fourth-order valence-corrected chi connectivity index (χ4v) is 2.14. The summed E-state index contributed by atoms with van der Waals surface area (Å²) in [6.07, 6.45) is 0. The lowest BCUT2D eigenvalue weighted by Crippen LogP contribution is -2.11. The van der Waals surface area contributed by atoms with Crippen LogP contribution in [0.25, 0.3) is 11.1 Å². The zero-order valence-corrected chi connectivity index (χ0v) is 11.7. The van der Waals surface area contributed by atoms with Crippen LogP contribution in [-0.2, 0) is 7.05 Å².